The lowest BCUT2D eigenvalue weighted by molar-refractivity contribution is 0.102. The molecule has 2 aromatic carbocycles. The van der Waals surface area contributed by atoms with Gasteiger partial charge in [-0.05, 0) is 30.3 Å². The molecule has 0 radical (unpaired) electrons. The molecule has 8 nitrogen and oxygen atoms in total. The highest BCUT2D eigenvalue weighted by molar-refractivity contribution is 6.04. The molecule has 0 bridgehead atoms. The van der Waals surface area contributed by atoms with E-state index in [2.05, 4.69) is 15.5 Å². The molecule has 8 heteroatoms. The summed E-state index contributed by atoms with van der Waals surface area (Å²) in [7, 11) is 3.03. The van der Waals surface area contributed by atoms with Gasteiger partial charge < -0.3 is 25.0 Å². The van der Waals surface area contributed by atoms with Crippen LogP contribution in [0.3, 0.4) is 0 Å². The van der Waals surface area contributed by atoms with Gasteiger partial charge in [0.25, 0.3) is 5.91 Å². The van der Waals surface area contributed by atoms with Gasteiger partial charge in [-0.2, -0.15) is 5.10 Å². The second kappa shape index (κ2) is 7.06. The number of hydrogen-bond donors (Lipinski definition) is 4. The number of aromatic hydroxyl groups is 2. The van der Waals surface area contributed by atoms with Crippen LogP contribution in [0.5, 0.6) is 23.0 Å². The smallest absolute Gasteiger partial charge is 0.273 e. The number of nitrogens with one attached hydrogen (secondary N) is 2. The topological polar surface area (TPSA) is 117 Å². The Hall–Kier alpha value is -3.68. The van der Waals surface area contributed by atoms with Crippen molar-refractivity contribution in [1.29, 1.82) is 0 Å². The fraction of sp³-hybridized carbons (Fsp3) is 0.111. The number of carbonyl (C=O) groups is 1. The Morgan fingerprint density at radius 1 is 1.08 bits per heavy atom. The van der Waals surface area contributed by atoms with Crippen molar-refractivity contribution in [2.75, 3.05) is 19.5 Å². The van der Waals surface area contributed by atoms with Gasteiger partial charge in [0.2, 0.25) is 0 Å². The van der Waals surface area contributed by atoms with Gasteiger partial charge in [-0.1, -0.05) is 0 Å². The number of anilines is 1. The zero-order valence-electron chi connectivity index (χ0n) is 14.1. The van der Waals surface area contributed by atoms with Crippen molar-refractivity contribution in [3.63, 3.8) is 0 Å². The van der Waals surface area contributed by atoms with Gasteiger partial charge in [0.15, 0.2) is 0 Å². The first-order chi connectivity index (χ1) is 12.5. The number of aromatic amines is 1. The van der Waals surface area contributed by atoms with Crippen LogP contribution < -0.4 is 14.8 Å². The number of benzene rings is 2. The van der Waals surface area contributed by atoms with Gasteiger partial charge in [-0.25, -0.2) is 0 Å². The van der Waals surface area contributed by atoms with E-state index in [-0.39, 0.29) is 17.2 Å². The van der Waals surface area contributed by atoms with E-state index < -0.39 is 5.91 Å². The Labute approximate surface area is 149 Å². The Morgan fingerprint density at radius 3 is 2.58 bits per heavy atom. The summed E-state index contributed by atoms with van der Waals surface area (Å²) in [5.74, 6) is 0.428. The van der Waals surface area contributed by atoms with Gasteiger partial charge >= 0.3 is 0 Å². The fourth-order valence-corrected chi connectivity index (χ4v) is 2.40. The molecule has 1 amide bonds. The molecule has 1 heterocycles. The number of carbonyl (C=O) groups excluding carboxylic acids is 1. The van der Waals surface area contributed by atoms with Crippen LogP contribution in [0.1, 0.15) is 10.5 Å². The summed E-state index contributed by atoms with van der Waals surface area (Å²) in [5, 5.41) is 28.6. The molecule has 0 saturated carbocycles. The minimum atomic E-state index is -0.425. The molecule has 3 rings (SSSR count). The van der Waals surface area contributed by atoms with Crippen LogP contribution in [0.15, 0.2) is 42.5 Å². The second-order valence-corrected chi connectivity index (χ2v) is 5.39. The van der Waals surface area contributed by atoms with Crippen LogP contribution in [0.4, 0.5) is 5.69 Å². The lowest BCUT2D eigenvalue weighted by atomic mass is 10.1. The van der Waals surface area contributed by atoms with Gasteiger partial charge in [0.05, 0.1) is 25.6 Å². The lowest BCUT2D eigenvalue weighted by Crippen LogP contribution is -2.13. The van der Waals surface area contributed by atoms with Crippen molar-refractivity contribution in [3.05, 3.63) is 48.2 Å². The highest BCUT2D eigenvalue weighted by Crippen LogP contribution is 2.32. The van der Waals surface area contributed by atoms with Crippen LogP contribution in [0.25, 0.3) is 11.3 Å². The van der Waals surface area contributed by atoms with E-state index in [9.17, 15) is 15.0 Å². The van der Waals surface area contributed by atoms with Crippen molar-refractivity contribution in [3.8, 4) is 34.3 Å². The predicted molar refractivity (Wildman–Crippen MR) is 94.9 cm³/mol. The Bertz CT molecular complexity index is 952. The summed E-state index contributed by atoms with van der Waals surface area (Å²) in [6.45, 7) is 0. The summed E-state index contributed by atoms with van der Waals surface area (Å²) in [5.41, 5.74) is 1.43. The number of hydrogen-bond acceptors (Lipinski definition) is 6. The number of phenols is 2. The maximum absolute atomic E-state index is 12.4. The number of ether oxygens (including phenoxy) is 2. The van der Waals surface area contributed by atoms with Crippen molar-refractivity contribution in [2.24, 2.45) is 0 Å². The maximum atomic E-state index is 12.4. The van der Waals surface area contributed by atoms with Crippen molar-refractivity contribution < 1.29 is 24.5 Å². The highest BCUT2D eigenvalue weighted by atomic mass is 16.5. The third kappa shape index (κ3) is 3.39. The Balaban J connectivity index is 1.82. The highest BCUT2D eigenvalue weighted by Gasteiger charge is 2.15. The van der Waals surface area contributed by atoms with E-state index in [4.69, 9.17) is 9.47 Å². The third-order valence-electron chi connectivity index (χ3n) is 3.74. The van der Waals surface area contributed by atoms with Crippen LogP contribution in [0, 0.1) is 0 Å². The molecule has 0 spiro atoms. The number of rotatable bonds is 5. The number of phenolic OH excluding ortho intramolecular Hbond substituents is 2. The Morgan fingerprint density at radius 2 is 1.88 bits per heavy atom. The van der Waals surface area contributed by atoms with Gasteiger partial charge in [-0.15, -0.1) is 0 Å². The van der Waals surface area contributed by atoms with E-state index in [1.807, 2.05) is 0 Å². The largest absolute Gasteiger partial charge is 0.508 e. The molecule has 0 fully saturated rings. The summed E-state index contributed by atoms with van der Waals surface area (Å²) in [4.78, 5) is 12.4. The van der Waals surface area contributed by atoms with Crippen molar-refractivity contribution in [1.82, 2.24) is 10.2 Å². The molecular weight excluding hydrogens is 338 g/mol. The van der Waals surface area contributed by atoms with E-state index >= 15 is 0 Å². The minimum Gasteiger partial charge on any atom is -0.508 e. The average molecular weight is 355 g/mol. The first-order valence-corrected chi connectivity index (χ1v) is 7.63. The standard InChI is InChI=1S/C18H17N3O5/c1-25-11-4-6-13(17(8-11)26-2)19-18(24)15-9-14(20-21-15)12-5-3-10(22)7-16(12)23/h3-9,22-23H,1-2H3,(H,19,24)(H,20,21). The first-order valence-electron chi connectivity index (χ1n) is 7.63. The van der Waals surface area contributed by atoms with Crippen LogP contribution in [0.2, 0.25) is 0 Å². The fourth-order valence-electron chi connectivity index (χ4n) is 2.40. The van der Waals surface area contributed by atoms with Gasteiger partial charge in [-0.3, -0.25) is 9.89 Å². The van der Waals surface area contributed by atoms with Crippen molar-refractivity contribution >= 4 is 11.6 Å². The molecule has 3 aromatic rings. The zero-order valence-corrected chi connectivity index (χ0v) is 14.1. The first kappa shape index (κ1) is 17.2. The number of methoxy groups -OCH3 is 2. The summed E-state index contributed by atoms with van der Waals surface area (Å²) in [6, 6.07) is 10.6. The van der Waals surface area contributed by atoms with Gasteiger partial charge in [0, 0.05) is 17.7 Å². The molecule has 0 saturated heterocycles. The van der Waals surface area contributed by atoms with Crippen LogP contribution in [-0.2, 0) is 0 Å². The van der Waals surface area contributed by atoms with E-state index in [1.54, 1.807) is 18.2 Å². The molecule has 4 N–H and O–H groups in total. The third-order valence-corrected chi connectivity index (χ3v) is 3.74. The van der Waals surface area contributed by atoms with Crippen molar-refractivity contribution in [2.45, 2.75) is 0 Å². The van der Waals surface area contributed by atoms with Gasteiger partial charge in [0.1, 0.15) is 28.7 Å². The molecule has 134 valence electrons. The second-order valence-electron chi connectivity index (χ2n) is 5.39. The average Bonchev–Trinajstić information content (AvgIpc) is 3.12. The molecule has 0 aliphatic heterocycles. The summed E-state index contributed by atoms with van der Waals surface area (Å²) >= 11 is 0. The summed E-state index contributed by atoms with van der Waals surface area (Å²) < 4.78 is 10.4. The van der Waals surface area contributed by atoms with E-state index in [0.717, 1.165) is 0 Å². The monoisotopic (exact) mass is 355 g/mol. The normalized spacial score (nSPS) is 10.4. The molecule has 1 aromatic heterocycles. The van der Waals surface area contributed by atoms with Crippen LogP contribution in [-0.4, -0.2) is 40.5 Å². The summed E-state index contributed by atoms with van der Waals surface area (Å²) in [6.07, 6.45) is 0. The molecule has 0 aliphatic carbocycles. The van der Waals surface area contributed by atoms with Crippen LogP contribution >= 0.6 is 0 Å². The number of H-pyrrole nitrogens is 1. The molecule has 0 aliphatic rings. The maximum Gasteiger partial charge on any atom is 0.273 e. The quantitative estimate of drug-likeness (QED) is 0.559. The lowest BCUT2D eigenvalue weighted by Gasteiger charge is -2.10. The zero-order chi connectivity index (χ0) is 18.7. The predicted octanol–water partition coefficient (Wildman–Crippen LogP) is 2.76. The SMILES string of the molecule is COc1ccc(NC(=O)c2cc(-c3ccc(O)cc3O)n[nH]2)c(OC)c1. The minimum absolute atomic E-state index is 0.0636. The van der Waals surface area contributed by atoms with E-state index in [1.165, 1.54) is 38.5 Å². The Kier molecular flexibility index (Phi) is 4.66. The molecular formula is C18H17N3O5. The number of aromatic nitrogens is 2. The number of amides is 1. The molecule has 26 heavy (non-hydrogen) atoms. The number of nitrogens with zero attached hydrogens (tertiary/aromatic N) is 1. The molecule has 0 atom stereocenters. The van der Waals surface area contributed by atoms with E-state index in [0.29, 0.717) is 28.4 Å². The molecule has 0 unspecified atom stereocenters.